The van der Waals surface area contributed by atoms with E-state index in [2.05, 4.69) is 60.1 Å². The van der Waals surface area contributed by atoms with Crippen LogP contribution in [0, 0.1) is 13.8 Å². The lowest BCUT2D eigenvalue weighted by atomic mass is 10.00. The van der Waals surface area contributed by atoms with Crippen molar-refractivity contribution in [3.05, 3.63) is 147 Å². The van der Waals surface area contributed by atoms with Crippen LogP contribution in [0.2, 0.25) is 0 Å². The lowest BCUT2D eigenvalue weighted by molar-refractivity contribution is 0.148. The van der Waals surface area contributed by atoms with E-state index in [0.29, 0.717) is 43.6 Å². The summed E-state index contributed by atoms with van der Waals surface area (Å²) in [6.07, 6.45) is 3.23. The summed E-state index contributed by atoms with van der Waals surface area (Å²) in [5.41, 5.74) is 13.9. The number of aliphatic hydroxyl groups excluding tert-OH is 2. The van der Waals surface area contributed by atoms with Crippen LogP contribution in [0.3, 0.4) is 0 Å². The molecule has 0 saturated heterocycles. The van der Waals surface area contributed by atoms with Crippen LogP contribution in [0.15, 0.2) is 95.9 Å². The molecule has 0 bridgehead atoms. The van der Waals surface area contributed by atoms with Crippen molar-refractivity contribution in [3.63, 3.8) is 0 Å². The number of fused-ring (bicyclic) bond motifs is 6. The van der Waals surface area contributed by atoms with Gasteiger partial charge >= 0.3 is 0 Å². The fourth-order valence-corrected chi connectivity index (χ4v) is 8.49. The van der Waals surface area contributed by atoms with Gasteiger partial charge in [0.15, 0.2) is 0 Å². The maximum Gasteiger partial charge on any atom is 0.294 e. The van der Waals surface area contributed by atoms with Gasteiger partial charge in [0.25, 0.3) is 10.1 Å². The van der Waals surface area contributed by atoms with Crippen LogP contribution in [-0.2, 0) is 36.0 Å². The molecule has 10 heteroatoms. The highest BCUT2D eigenvalue weighted by Gasteiger charge is 2.32. The Bertz CT molecular complexity index is 2410. The minimum atomic E-state index is -4.39. The second-order valence-corrected chi connectivity index (χ2v) is 16.1. The predicted molar refractivity (Wildman–Crippen MR) is 204 cm³/mol. The van der Waals surface area contributed by atoms with Crippen molar-refractivity contribution in [3.8, 4) is 22.5 Å². The van der Waals surface area contributed by atoms with Gasteiger partial charge in [0.05, 0.1) is 53.0 Å². The zero-order chi connectivity index (χ0) is 36.9. The fraction of sp³-hybridized carbons (Fsp3) is 0.302. The highest BCUT2D eigenvalue weighted by molar-refractivity contribution is 7.85. The second-order valence-electron chi connectivity index (χ2n) is 14.7. The van der Waals surface area contributed by atoms with Gasteiger partial charge in [0.2, 0.25) is 0 Å². The van der Waals surface area contributed by atoms with Gasteiger partial charge in [-0.3, -0.25) is 13.9 Å². The van der Waals surface area contributed by atoms with E-state index in [4.69, 9.17) is 10.2 Å². The highest BCUT2D eigenvalue weighted by Crippen LogP contribution is 2.43. The number of aryl methyl sites for hydroxylation is 2. The van der Waals surface area contributed by atoms with E-state index in [1.807, 2.05) is 35.9 Å². The van der Waals surface area contributed by atoms with Gasteiger partial charge in [-0.15, -0.1) is 0 Å². The average Bonchev–Trinajstić information content (AvgIpc) is 3.89. The molecule has 2 heterocycles. The molecule has 0 aliphatic heterocycles. The van der Waals surface area contributed by atoms with Crippen LogP contribution in [0.5, 0.6) is 0 Å². The van der Waals surface area contributed by atoms with Gasteiger partial charge in [0, 0.05) is 35.1 Å². The number of nitrogens with zero attached hydrogens (tertiary/aromatic N) is 4. The van der Waals surface area contributed by atoms with E-state index in [-0.39, 0.29) is 4.90 Å². The third-order valence-corrected chi connectivity index (χ3v) is 11.6. The lowest BCUT2D eigenvalue weighted by Gasteiger charge is -2.12. The summed E-state index contributed by atoms with van der Waals surface area (Å²) in [5.74, 6) is 0. The molecule has 0 amide bonds. The summed E-state index contributed by atoms with van der Waals surface area (Å²) in [7, 11) is -4.39. The Morgan fingerprint density at radius 1 is 0.642 bits per heavy atom. The van der Waals surface area contributed by atoms with Gasteiger partial charge < -0.3 is 10.2 Å². The fourth-order valence-electron chi connectivity index (χ4n) is 7.99. The molecule has 0 saturated carbocycles. The summed E-state index contributed by atoms with van der Waals surface area (Å²) in [6.45, 7) is 5.21. The Morgan fingerprint density at radius 3 is 1.66 bits per heavy atom. The molecule has 0 fully saturated rings. The van der Waals surface area contributed by atoms with Crippen LogP contribution in [-0.4, -0.2) is 42.7 Å². The molecular weight excluding hydrogens is 685 g/mol. The van der Waals surface area contributed by atoms with Crippen molar-refractivity contribution < 1.29 is 23.2 Å². The third-order valence-electron chi connectivity index (χ3n) is 10.8. The first-order valence-electron chi connectivity index (χ1n) is 18.4. The van der Waals surface area contributed by atoms with Gasteiger partial charge in [-0.2, -0.15) is 18.6 Å². The van der Waals surface area contributed by atoms with Crippen LogP contribution >= 0.6 is 0 Å². The first-order chi connectivity index (χ1) is 25.5. The summed E-state index contributed by atoms with van der Waals surface area (Å²) >= 11 is 0. The van der Waals surface area contributed by atoms with E-state index in [1.54, 1.807) is 6.07 Å². The van der Waals surface area contributed by atoms with Gasteiger partial charge in [-0.05, 0) is 61.1 Å². The Morgan fingerprint density at radius 2 is 1.13 bits per heavy atom. The number of rotatable bonds is 13. The summed E-state index contributed by atoms with van der Waals surface area (Å²) in [6, 6.07) is 29.7. The van der Waals surface area contributed by atoms with Crippen molar-refractivity contribution in [2.75, 3.05) is 0 Å². The molecule has 2 aliphatic carbocycles. The summed E-state index contributed by atoms with van der Waals surface area (Å²) < 4.78 is 37.7. The number of unbranched alkanes of at least 4 members (excludes halogenated alkanes) is 2. The molecule has 53 heavy (non-hydrogen) atoms. The molecule has 3 N–H and O–H groups in total. The minimum absolute atomic E-state index is 0.163. The molecule has 272 valence electrons. The molecule has 2 atom stereocenters. The smallest absolute Gasteiger partial charge is 0.294 e. The molecule has 4 aromatic carbocycles. The van der Waals surface area contributed by atoms with E-state index in [1.165, 1.54) is 34.4 Å². The normalized spacial score (nSPS) is 14.1. The van der Waals surface area contributed by atoms with Crippen molar-refractivity contribution >= 4 is 10.1 Å². The molecule has 6 aromatic rings. The number of benzene rings is 4. The van der Waals surface area contributed by atoms with Crippen molar-refractivity contribution in [2.24, 2.45) is 0 Å². The number of aromatic nitrogens is 4. The zero-order valence-electron chi connectivity index (χ0n) is 30.0. The second kappa shape index (κ2) is 14.2. The maximum atomic E-state index is 12.0. The van der Waals surface area contributed by atoms with Crippen LogP contribution < -0.4 is 0 Å². The average molecular weight is 729 g/mol. The zero-order valence-corrected chi connectivity index (χ0v) is 30.9. The number of aliphatic hydroxyl groups is 2. The molecular formula is C43H44N4O5S. The van der Waals surface area contributed by atoms with E-state index in [9.17, 15) is 23.2 Å². The third kappa shape index (κ3) is 7.00. The maximum absolute atomic E-state index is 12.0. The van der Waals surface area contributed by atoms with Crippen molar-refractivity contribution in [1.29, 1.82) is 0 Å². The standard InChI is InChI=1S/C43H44N4O5S/c1-27-12-16-29(17-13-27)25-46-42-34-9-7-6-8-31(34)22-36(42)40(44-46)38(48)10-4-3-5-11-39(49)41-37-23-32-20-21-33(53(50,51)52)24-35(32)43(37)47(45-41)26-30-18-14-28(2)15-19-30/h6-9,12-21,24,38-39,48-49H,3-5,10-11,22-23,25-26H2,1-2H3,(H,50,51,52). The predicted octanol–water partition coefficient (Wildman–Crippen LogP) is 7.90. The van der Waals surface area contributed by atoms with Crippen molar-refractivity contribution in [2.45, 2.75) is 89.0 Å². The van der Waals surface area contributed by atoms with E-state index < -0.39 is 22.3 Å². The molecule has 2 unspecified atom stereocenters. The number of hydrogen-bond donors (Lipinski definition) is 3. The first kappa shape index (κ1) is 35.2. The monoisotopic (exact) mass is 728 g/mol. The SMILES string of the molecule is Cc1ccc(Cn2nc(C(O)CCCCCC(O)c3nn(Cc4ccc(C)cc4)c4c3Cc3ccc(S(=O)(=O)O)cc3-4)c3c2-c2ccccc2C3)cc1. The summed E-state index contributed by atoms with van der Waals surface area (Å²) in [5, 5.41) is 32.9. The topological polar surface area (TPSA) is 130 Å². The molecule has 0 radical (unpaired) electrons. The minimum Gasteiger partial charge on any atom is -0.387 e. The van der Waals surface area contributed by atoms with Crippen molar-refractivity contribution in [1.82, 2.24) is 19.6 Å². The van der Waals surface area contributed by atoms with Crippen LogP contribution in [0.4, 0.5) is 0 Å². The molecule has 2 aromatic heterocycles. The lowest BCUT2D eigenvalue weighted by Crippen LogP contribution is -2.07. The summed E-state index contributed by atoms with van der Waals surface area (Å²) in [4.78, 5) is -0.163. The molecule has 9 nitrogen and oxygen atoms in total. The van der Waals surface area contributed by atoms with E-state index in [0.717, 1.165) is 70.6 Å². The number of hydrogen-bond acceptors (Lipinski definition) is 6. The highest BCUT2D eigenvalue weighted by atomic mass is 32.2. The van der Waals surface area contributed by atoms with Gasteiger partial charge in [-0.1, -0.05) is 109 Å². The molecule has 8 rings (SSSR count). The molecule has 0 spiro atoms. The quantitative estimate of drug-likeness (QED) is 0.0813. The first-order valence-corrected chi connectivity index (χ1v) is 19.8. The Hall–Kier alpha value is -4.87. The van der Waals surface area contributed by atoms with Crippen LogP contribution in [0.1, 0.15) is 100 Å². The van der Waals surface area contributed by atoms with Gasteiger partial charge in [0.1, 0.15) is 0 Å². The van der Waals surface area contributed by atoms with E-state index >= 15 is 0 Å². The molecule has 2 aliphatic rings. The van der Waals surface area contributed by atoms with Crippen LogP contribution in [0.25, 0.3) is 22.5 Å². The largest absolute Gasteiger partial charge is 0.387 e. The Kier molecular flexibility index (Phi) is 9.40. The Balaban J connectivity index is 0.952. The Labute approximate surface area is 310 Å². The van der Waals surface area contributed by atoms with Gasteiger partial charge in [-0.25, -0.2) is 0 Å².